The number of fused-ring (bicyclic) bond motifs is 1. The summed E-state index contributed by atoms with van der Waals surface area (Å²) in [6.07, 6.45) is 4.81. The molecule has 0 aliphatic heterocycles. The van der Waals surface area contributed by atoms with Gasteiger partial charge in [0.15, 0.2) is 0 Å². The van der Waals surface area contributed by atoms with Crippen LogP contribution < -0.4 is 5.56 Å². The van der Waals surface area contributed by atoms with E-state index in [4.69, 9.17) is 11.6 Å². The molecule has 2 aromatic heterocycles. The summed E-state index contributed by atoms with van der Waals surface area (Å²) in [5.41, 5.74) is 1.23. The van der Waals surface area contributed by atoms with Gasteiger partial charge in [0.2, 0.25) is 5.88 Å². The van der Waals surface area contributed by atoms with Gasteiger partial charge in [-0.05, 0) is 36.4 Å². The SMILES string of the molecule is O=c1c2ccccc2c(C=Nc2cccnc2)c(O)n1-c1cccc(Cl)c1. The van der Waals surface area contributed by atoms with Crippen LogP contribution in [0.25, 0.3) is 16.5 Å². The molecule has 0 saturated carbocycles. The second kappa shape index (κ2) is 7.05. The summed E-state index contributed by atoms with van der Waals surface area (Å²) in [6.45, 7) is 0. The van der Waals surface area contributed by atoms with Gasteiger partial charge in [-0.15, -0.1) is 0 Å². The molecule has 2 heterocycles. The van der Waals surface area contributed by atoms with Crippen LogP contribution in [0.2, 0.25) is 5.02 Å². The highest BCUT2D eigenvalue weighted by Gasteiger charge is 2.16. The summed E-state index contributed by atoms with van der Waals surface area (Å²) >= 11 is 6.07. The minimum absolute atomic E-state index is 0.200. The monoisotopic (exact) mass is 375 g/mol. The van der Waals surface area contributed by atoms with Crippen molar-refractivity contribution in [3.05, 3.63) is 94.0 Å². The molecule has 6 heteroatoms. The third kappa shape index (κ3) is 3.20. The van der Waals surface area contributed by atoms with E-state index in [1.807, 2.05) is 6.07 Å². The highest BCUT2D eigenvalue weighted by Crippen LogP contribution is 2.27. The quantitative estimate of drug-likeness (QED) is 0.536. The summed E-state index contributed by atoms with van der Waals surface area (Å²) in [6, 6.07) is 17.4. The normalized spacial score (nSPS) is 11.3. The molecule has 0 aliphatic rings. The standard InChI is InChI=1S/C21H14ClN3O2/c22-14-5-3-7-16(11-14)25-20(26)18-9-2-1-8-17(18)19(21(25)27)13-24-15-6-4-10-23-12-15/h1-13,27H. The smallest absolute Gasteiger partial charge is 0.265 e. The van der Waals surface area contributed by atoms with Gasteiger partial charge in [0, 0.05) is 28.2 Å². The Bertz CT molecular complexity index is 1220. The van der Waals surface area contributed by atoms with Crippen molar-refractivity contribution in [3.63, 3.8) is 0 Å². The van der Waals surface area contributed by atoms with E-state index in [1.54, 1.807) is 67.0 Å². The fourth-order valence-corrected chi connectivity index (χ4v) is 3.10. The zero-order valence-electron chi connectivity index (χ0n) is 14.1. The number of halogens is 1. The van der Waals surface area contributed by atoms with Gasteiger partial charge in [0.05, 0.1) is 23.1 Å². The zero-order chi connectivity index (χ0) is 18.8. The number of benzene rings is 2. The van der Waals surface area contributed by atoms with Gasteiger partial charge in [-0.3, -0.25) is 14.8 Å². The maximum atomic E-state index is 13.0. The summed E-state index contributed by atoms with van der Waals surface area (Å²) in [5, 5.41) is 12.5. The van der Waals surface area contributed by atoms with Gasteiger partial charge < -0.3 is 5.11 Å². The Morgan fingerprint density at radius 3 is 2.59 bits per heavy atom. The van der Waals surface area contributed by atoms with Crippen molar-refractivity contribution < 1.29 is 5.11 Å². The lowest BCUT2D eigenvalue weighted by Crippen LogP contribution is -2.20. The molecule has 0 atom stereocenters. The molecule has 0 amide bonds. The Labute approximate surface area is 159 Å². The molecule has 4 rings (SSSR count). The first kappa shape index (κ1) is 17.0. The molecule has 0 fully saturated rings. The molecule has 1 N–H and O–H groups in total. The van der Waals surface area contributed by atoms with Crippen LogP contribution in [-0.2, 0) is 0 Å². The number of rotatable bonds is 3. The van der Waals surface area contributed by atoms with Crippen LogP contribution in [0.5, 0.6) is 5.88 Å². The van der Waals surface area contributed by atoms with Gasteiger partial charge in [0.1, 0.15) is 0 Å². The first-order chi connectivity index (χ1) is 13.1. The first-order valence-corrected chi connectivity index (χ1v) is 8.60. The van der Waals surface area contributed by atoms with Crippen LogP contribution in [-0.4, -0.2) is 20.9 Å². The minimum atomic E-state index is -0.330. The Balaban J connectivity index is 2.00. The van der Waals surface area contributed by atoms with E-state index >= 15 is 0 Å². The van der Waals surface area contributed by atoms with Gasteiger partial charge >= 0.3 is 0 Å². The number of pyridine rings is 2. The van der Waals surface area contributed by atoms with Gasteiger partial charge in [0.25, 0.3) is 5.56 Å². The average molecular weight is 376 g/mol. The lowest BCUT2D eigenvalue weighted by molar-refractivity contribution is 0.436. The lowest BCUT2D eigenvalue weighted by Gasteiger charge is -2.13. The van der Waals surface area contributed by atoms with Gasteiger partial charge in [-0.1, -0.05) is 35.9 Å². The van der Waals surface area contributed by atoms with Crippen molar-refractivity contribution in [2.75, 3.05) is 0 Å². The summed E-state index contributed by atoms with van der Waals surface area (Å²) in [5.74, 6) is -0.200. The maximum Gasteiger partial charge on any atom is 0.265 e. The molecular formula is C21H14ClN3O2. The zero-order valence-corrected chi connectivity index (χ0v) is 14.8. The van der Waals surface area contributed by atoms with Crippen molar-refractivity contribution in [2.24, 2.45) is 4.99 Å². The number of aromatic nitrogens is 2. The average Bonchev–Trinajstić information content (AvgIpc) is 2.69. The molecule has 27 heavy (non-hydrogen) atoms. The third-order valence-electron chi connectivity index (χ3n) is 4.16. The van der Waals surface area contributed by atoms with Crippen LogP contribution in [0.15, 0.2) is 82.8 Å². The van der Waals surface area contributed by atoms with Crippen LogP contribution in [0.3, 0.4) is 0 Å². The van der Waals surface area contributed by atoms with Crippen molar-refractivity contribution in [2.45, 2.75) is 0 Å². The summed E-state index contributed by atoms with van der Waals surface area (Å²) in [7, 11) is 0. The fraction of sp³-hybridized carbons (Fsp3) is 0. The van der Waals surface area contributed by atoms with Gasteiger partial charge in [-0.2, -0.15) is 0 Å². The highest BCUT2D eigenvalue weighted by atomic mass is 35.5. The predicted octanol–water partition coefficient (Wildman–Crippen LogP) is 4.50. The molecule has 5 nitrogen and oxygen atoms in total. The molecule has 0 spiro atoms. The second-order valence-corrected chi connectivity index (χ2v) is 6.31. The molecule has 4 aromatic rings. The first-order valence-electron chi connectivity index (χ1n) is 8.22. The van der Waals surface area contributed by atoms with Crippen LogP contribution >= 0.6 is 11.6 Å². The predicted molar refractivity (Wildman–Crippen MR) is 108 cm³/mol. The molecule has 0 bridgehead atoms. The maximum absolute atomic E-state index is 13.0. The minimum Gasteiger partial charge on any atom is -0.494 e. The van der Waals surface area contributed by atoms with Crippen molar-refractivity contribution in [1.29, 1.82) is 0 Å². The van der Waals surface area contributed by atoms with Crippen molar-refractivity contribution in [3.8, 4) is 11.6 Å². The Kier molecular flexibility index (Phi) is 4.44. The van der Waals surface area contributed by atoms with E-state index in [0.29, 0.717) is 32.7 Å². The van der Waals surface area contributed by atoms with E-state index < -0.39 is 0 Å². The third-order valence-corrected chi connectivity index (χ3v) is 4.39. The molecule has 2 aromatic carbocycles. The molecule has 0 saturated heterocycles. The number of nitrogens with zero attached hydrogens (tertiary/aromatic N) is 3. The van der Waals surface area contributed by atoms with E-state index in [9.17, 15) is 9.90 Å². The fourth-order valence-electron chi connectivity index (χ4n) is 2.91. The van der Waals surface area contributed by atoms with E-state index in [1.165, 1.54) is 10.8 Å². The largest absolute Gasteiger partial charge is 0.494 e. The van der Waals surface area contributed by atoms with Crippen molar-refractivity contribution in [1.82, 2.24) is 9.55 Å². The number of aliphatic imine (C=N–C) groups is 1. The van der Waals surface area contributed by atoms with Crippen LogP contribution in [0, 0.1) is 0 Å². The molecule has 0 unspecified atom stereocenters. The van der Waals surface area contributed by atoms with E-state index in [0.717, 1.165) is 0 Å². The Morgan fingerprint density at radius 2 is 1.85 bits per heavy atom. The highest BCUT2D eigenvalue weighted by molar-refractivity contribution is 6.30. The molecular weight excluding hydrogens is 362 g/mol. The van der Waals surface area contributed by atoms with Crippen LogP contribution in [0.1, 0.15) is 5.56 Å². The second-order valence-electron chi connectivity index (χ2n) is 5.87. The van der Waals surface area contributed by atoms with E-state index in [-0.39, 0.29) is 11.4 Å². The number of hydrogen-bond donors (Lipinski definition) is 1. The topological polar surface area (TPSA) is 67.5 Å². The number of hydrogen-bond acceptors (Lipinski definition) is 4. The van der Waals surface area contributed by atoms with E-state index in [2.05, 4.69) is 9.98 Å². The van der Waals surface area contributed by atoms with Crippen molar-refractivity contribution >= 4 is 34.3 Å². The lowest BCUT2D eigenvalue weighted by atomic mass is 10.1. The summed E-state index contributed by atoms with van der Waals surface area (Å²) in [4.78, 5) is 21.4. The Morgan fingerprint density at radius 1 is 1.04 bits per heavy atom. The Hall–Kier alpha value is -3.44. The summed E-state index contributed by atoms with van der Waals surface area (Å²) < 4.78 is 1.23. The molecule has 0 radical (unpaired) electrons. The van der Waals surface area contributed by atoms with Gasteiger partial charge in [-0.25, -0.2) is 4.57 Å². The molecule has 132 valence electrons. The van der Waals surface area contributed by atoms with Crippen LogP contribution in [0.4, 0.5) is 5.69 Å². The number of aromatic hydroxyl groups is 1. The molecule has 0 aliphatic carbocycles.